The van der Waals surface area contributed by atoms with E-state index in [1.54, 1.807) is 24.5 Å². The van der Waals surface area contributed by atoms with Crippen molar-refractivity contribution >= 4 is 34.5 Å². The molecule has 0 aliphatic carbocycles. The molecule has 0 fully saturated rings. The molecule has 0 saturated heterocycles. The number of aliphatic hydroxyl groups is 1. The van der Waals surface area contributed by atoms with Crippen molar-refractivity contribution in [3.05, 3.63) is 77.5 Å². The SMILES string of the molecule is C=C(C)c1cnc(-c2cc(Cl)ccc2F)cc1Nc1ccncc1C(=O)NC(CO)C(C)C. The number of hydrogen-bond donors (Lipinski definition) is 3. The predicted molar refractivity (Wildman–Crippen MR) is 130 cm³/mol. The van der Waals surface area contributed by atoms with Crippen LogP contribution in [0.3, 0.4) is 0 Å². The van der Waals surface area contributed by atoms with Crippen LogP contribution in [0.25, 0.3) is 16.8 Å². The standard InChI is InChI=1S/C25H26ClFN4O2/c1-14(2)18-12-29-22(17-9-16(26)5-6-20(17)27)10-23(18)30-21-7-8-28-11-19(21)25(33)31-24(13-32)15(3)4/h5-12,15,24,32H,1,13H2,2-4H3,(H,31,33)(H,28,29,30). The first-order chi connectivity index (χ1) is 15.7. The van der Waals surface area contributed by atoms with Crippen LogP contribution in [0.15, 0.2) is 55.5 Å². The van der Waals surface area contributed by atoms with E-state index < -0.39 is 11.9 Å². The van der Waals surface area contributed by atoms with Gasteiger partial charge in [0.15, 0.2) is 0 Å². The zero-order chi connectivity index (χ0) is 24.1. The Kier molecular flexibility index (Phi) is 7.79. The molecular weight excluding hydrogens is 443 g/mol. The quantitative estimate of drug-likeness (QED) is 0.408. The number of amides is 1. The number of pyridine rings is 2. The number of benzene rings is 1. The van der Waals surface area contributed by atoms with Gasteiger partial charge < -0.3 is 15.7 Å². The first kappa shape index (κ1) is 24.4. The number of aliphatic hydroxyl groups excluding tert-OH is 1. The highest BCUT2D eigenvalue weighted by molar-refractivity contribution is 6.30. The number of aromatic nitrogens is 2. The highest BCUT2D eigenvalue weighted by Crippen LogP contribution is 2.32. The van der Waals surface area contributed by atoms with Gasteiger partial charge in [0.05, 0.1) is 29.6 Å². The Labute approximate surface area is 197 Å². The summed E-state index contributed by atoms with van der Waals surface area (Å²) < 4.78 is 14.4. The normalized spacial score (nSPS) is 11.8. The van der Waals surface area contributed by atoms with E-state index in [-0.39, 0.29) is 24.0 Å². The molecule has 0 aliphatic heterocycles. The van der Waals surface area contributed by atoms with Gasteiger partial charge >= 0.3 is 0 Å². The number of rotatable bonds is 8. The van der Waals surface area contributed by atoms with E-state index >= 15 is 0 Å². The lowest BCUT2D eigenvalue weighted by Crippen LogP contribution is -2.41. The van der Waals surface area contributed by atoms with Gasteiger partial charge in [-0.25, -0.2) is 4.39 Å². The molecule has 8 heteroatoms. The Bertz CT molecular complexity index is 1180. The fraction of sp³-hybridized carbons (Fsp3) is 0.240. The number of hydrogen-bond acceptors (Lipinski definition) is 5. The minimum atomic E-state index is -0.450. The van der Waals surface area contributed by atoms with Crippen LogP contribution >= 0.6 is 11.6 Å². The van der Waals surface area contributed by atoms with Crippen LogP contribution in [0.2, 0.25) is 5.02 Å². The summed E-state index contributed by atoms with van der Waals surface area (Å²) in [6, 6.07) is 7.23. The number of nitrogens with one attached hydrogen (secondary N) is 2. The Morgan fingerprint density at radius 1 is 1.18 bits per heavy atom. The molecule has 3 N–H and O–H groups in total. The smallest absolute Gasteiger partial charge is 0.255 e. The molecule has 1 aromatic carbocycles. The topological polar surface area (TPSA) is 87.1 Å². The molecule has 2 aromatic heterocycles. The zero-order valence-corrected chi connectivity index (χ0v) is 19.4. The molecule has 172 valence electrons. The van der Waals surface area contributed by atoms with Gasteiger partial charge in [0.2, 0.25) is 0 Å². The van der Waals surface area contributed by atoms with Crippen LogP contribution in [0.4, 0.5) is 15.8 Å². The summed E-state index contributed by atoms with van der Waals surface area (Å²) in [4.78, 5) is 21.4. The lowest BCUT2D eigenvalue weighted by Gasteiger charge is -2.21. The second-order valence-electron chi connectivity index (χ2n) is 8.07. The van der Waals surface area contributed by atoms with Crippen molar-refractivity contribution in [3.63, 3.8) is 0 Å². The summed E-state index contributed by atoms with van der Waals surface area (Å²) in [5, 5.41) is 16.0. The highest BCUT2D eigenvalue weighted by Gasteiger charge is 2.20. The van der Waals surface area contributed by atoms with E-state index in [1.807, 2.05) is 20.8 Å². The summed E-state index contributed by atoms with van der Waals surface area (Å²) in [5.41, 5.74) is 3.47. The molecule has 3 rings (SSSR count). The molecule has 6 nitrogen and oxygen atoms in total. The van der Waals surface area contributed by atoms with Gasteiger partial charge in [-0.15, -0.1) is 0 Å². The second-order valence-corrected chi connectivity index (χ2v) is 8.51. The molecule has 0 saturated carbocycles. The van der Waals surface area contributed by atoms with Gasteiger partial charge in [0.25, 0.3) is 5.91 Å². The third kappa shape index (κ3) is 5.74. The van der Waals surface area contributed by atoms with E-state index in [1.165, 1.54) is 24.4 Å². The van der Waals surface area contributed by atoms with Gasteiger partial charge in [-0.05, 0) is 48.7 Å². The average Bonchev–Trinajstić information content (AvgIpc) is 2.78. The maximum atomic E-state index is 14.4. The Balaban J connectivity index is 2.02. The van der Waals surface area contributed by atoms with Crippen LogP contribution in [-0.4, -0.2) is 33.6 Å². The van der Waals surface area contributed by atoms with Gasteiger partial charge in [-0.3, -0.25) is 14.8 Å². The number of anilines is 2. The van der Waals surface area contributed by atoms with Crippen molar-refractivity contribution in [1.29, 1.82) is 0 Å². The zero-order valence-electron chi connectivity index (χ0n) is 18.7. The average molecular weight is 469 g/mol. The number of halogens is 2. The maximum absolute atomic E-state index is 14.4. The first-order valence-electron chi connectivity index (χ1n) is 10.4. The predicted octanol–water partition coefficient (Wildman–Crippen LogP) is 5.46. The molecular formula is C25H26ClFN4O2. The van der Waals surface area contributed by atoms with Gasteiger partial charge in [0, 0.05) is 40.4 Å². The number of carbonyl (C=O) groups excluding carboxylic acids is 1. The fourth-order valence-corrected chi connectivity index (χ4v) is 3.41. The van der Waals surface area contributed by atoms with Gasteiger partial charge in [0.1, 0.15) is 5.82 Å². The summed E-state index contributed by atoms with van der Waals surface area (Å²) in [6.07, 6.45) is 4.61. The van der Waals surface area contributed by atoms with Crippen molar-refractivity contribution < 1.29 is 14.3 Å². The number of allylic oxidation sites excluding steroid dienone is 1. The second kappa shape index (κ2) is 10.6. The summed E-state index contributed by atoms with van der Waals surface area (Å²) in [7, 11) is 0. The molecule has 0 spiro atoms. The molecule has 1 amide bonds. The molecule has 0 aliphatic rings. The molecule has 1 atom stereocenters. The lowest BCUT2D eigenvalue weighted by atomic mass is 10.0. The summed E-state index contributed by atoms with van der Waals surface area (Å²) in [6.45, 7) is 9.47. The monoisotopic (exact) mass is 468 g/mol. The van der Waals surface area contributed by atoms with Gasteiger partial charge in [-0.2, -0.15) is 0 Å². The molecule has 33 heavy (non-hydrogen) atoms. The molecule has 0 radical (unpaired) electrons. The number of carbonyl (C=O) groups is 1. The van der Waals surface area contributed by atoms with Crippen molar-refractivity contribution in [3.8, 4) is 11.3 Å². The van der Waals surface area contributed by atoms with Crippen molar-refractivity contribution in [2.24, 2.45) is 5.92 Å². The fourth-order valence-electron chi connectivity index (χ4n) is 3.24. The summed E-state index contributed by atoms with van der Waals surface area (Å²) >= 11 is 6.06. The molecule has 1 unspecified atom stereocenters. The third-order valence-corrected chi connectivity index (χ3v) is 5.46. The minimum Gasteiger partial charge on any atom is -0.394 e. The maximum Gasteiger partial charge on any atom is 0.255 e. The number of nitrogens with zero attached hydrogens (tertiary/aromatic N) is 2. The third-order valence-electron chi connectivity index (χ3n) is 5.22. The Morgan fingerprint density at radius 2 is 1.94 bits per heavy atom. The largest absolute Gasteiger partial charge is 0.394 e. The minimum absolute atomic E-state index is 0.0531. The van der Waals surface area contributed by atoms with E-state index in [0.717, 1.165) is 5.57 Å². The van der Waals surface area contributed by atoms with Crippen molar-refractivity contribution in [1.82, 2.24) is 15.3 Å². The first-order valence-corrected chi connectivity index (χ1v) is 10.8. The molecule has 0 bridgehead atoms. The van der Waals surface area contributed by atoms with Crippen LogP contribution in [0, 0.1) is 11.7 Å². The lowest BCUT2D eigenvalue weighted by molar-refractivity contribution is 0.0897. The van der Waals surface area contributed by atoms with Gasteiger partial charge in [-0.1, -0.05) is 32.0 Å². The van der Waals surface area contributed by atoms with E-state index in [0.29, 0.717) is 33.2 Å². The molecule has 3 aromatic rings. The van der Waals surface area contributed by atoms with E-state index in [9.17, 15) is 14.3 Å². The summed E-state index contributed by atoms with van der Waals surface area (Å²) in [5.74, 6) is -0.767. The Morgan fingerprint density at radius 3 is 2.61 bits per heavy atom. The van der Waals surface area contributed by atoms with E-state index in [2.05, 4.69) is 27.2 Å². The Hall–Kier alpha value is -3.29. The van der Waals surface area contributed by atoms with Crippen LogP contribution in [0.5, 0.6) is 0 Å². The van der Waals surface area contributed by atoms with Crippen molar-refractivity contribution in [2.75, 3.05) is 11.9 Å². The van der Waals surface area contributed by atoms with Crippen LogP contribution < -0.4 is 10.6 Å². The van der Waals surface area contributed by atoms with Crippen LogP contribution in [0.1, 0.15) is 36.7 Å². The van der Waals surface area contributed by atoms with E-state index in [4.69, 9.17) is 11.6 Å². The van der Waals surface area contributed by atoms with Crippen LogP contribution in [-0.2, 0) is 0 Å². The molecule has 2 heterocycles. The van der Waals surface area contributed by atoms with Crippen molar-refractivity contribution in [2.45, 2.75) is 26.8 Å². The highest BCUT2D eigenvalue weighted by atomic mass is 35.5.